The molecule has 0 saturated heterocycles. The lowest BCUT2D eigenvalue weighted by atomic mass is 10.1. The molecule has 1 amide bonds. The minimum absolute atomic E-state index is 0.0704. The van der Waals surface area contributed by atoms with Crippen molar-refractivity contribution in [3.05, 3.63) is 46.8 Å². The summed E-state index contributed by atoms with van der Waals surface area (Å²) in [6, 6.07) is 5.63. The average molecular weight is 272 g/mol. The molecular formula is C15H20N4O. The molecule has 0 atom stereocenters. The molecule has 0 saturated carbocycles. The molecular weight excluding hydrogens is 252 g/mol. The van der Waals surface area contributed by atoms with Gasteiger partial charge in [0.05, 0.1) is 6.20 Å². The first-order valence-electron chi connectivity index (χ1n) is 6.57. The molecule has 1 aromatic carbocycles. The smallest absolute Gasteiger partial charge is 0.251 e. The normalized spacial score (nSPS) is 10.4. The quantitative estimate of drug-likeness (QED) is 0.895. The van der Waals surface area contributed by atoms with Crippen molar-refractivity contribution in [3.8, 4) is 0 Å². The van der Waals surface area contributed by atoms with Crippen molar-refractivity contribution in [2.45, 2.75) is 20.4 Å². The van der Waals surface area contributed by atoms with E-state index in [1.165, 1.54) is 0 Å². The second-order valence-corrected chi connectivity index (χ2v) is 4.84. The van der Waals surface area contributed by atoms with Gasteiger partial charge in [0, 0.05) is 43.1 Å². The molecule has 0 unspecified atom stereocenters. The summed E-state index contributed by atoms with van der Waals surface area (Å²) >= 11 is 0. The first-order valence-corrected chi connectivity index (χ1v) is 6.57. The van der Waals surface area contributed by atoms with Gasteiger partial charge in [-0.25, -0.2) is 0 Å². The summed E-state index contributed by atoms with van der Waals surface area (Å²) in [6.07, 6.45) is 1.78. The van der Waals surface area contributed by atoms with Crippen LogP contribution in [0.4, 0.5) is 5.69 Å². The highest BCUT2D eigenvalue weighted by Crippen LogP contribution is 2.15. The van der Waals surface area contributed by atoms with Gasteiger partial charge in [0.15, 0.2) is 0 Å². The van der Waals surface area contributed by atoms with Gasteiger partial charge >= 0.3 is 0 Å². The molecule has 20 heavy (non-hydrogen) atoms. The van der Waals surface area contributed by atoms with Crippen LogP contribution in [0.2, 0.25) is 0 Å². The highest BCUT2D eigenvalue weighted by molar-refractivity contribution is 5.94. The molecule has 0 spiro atoms. The van der Waals surface area contributed by atoms with E-state index in [0.29, 0.717) is 12.1 Å². The van der Waals surface area contributed by atoms with Gasteiger partial charge in [-0.15, -0.1) is 0 Å². The Kier molecular flexibility index (Phi) is 4.08. The van der Waals surface area contributed by atoms with Gasteiger partial charge in [0.25, 0.3) is 5.91 Å². The largest absolute Gasteiger partial charge is 0.388 e. The number of nitrogens with one attached hydrogen (secondary N) is 2. The van der Waals surface area contributed by atoms with E-state index in [-0.39, 0.29) is 5.91 Å². The van der Waals surface area contributed by atoms with Crippen LogP contribution in [0, 0.1) is 13.8 Å². The maximum Gasteiger partial charge on any atom is 0.251 e. The third kappa shape index (κ3) is 2.82. The van der Waals surface area contributed by atoms with Crippen LogP contribution in [0.3, 0.4) is 0 Å². The molecule has 0 bridgehead atoms. The van der Waals surface area contributed by atoms with Crippen molar-refractivity contribution in [1.82, 2.24) is 15.1 Å². The number of rotatable bonds is 4. The first-order chi connectivity index (χ1) is 9.52. The zero-order valence-electron chi connectivity index (χ0n) is 12.3. The molecule has 2 N–H and O–H groups in total. The Bertz CT molecular complexity index is 631. The maximum atomic E-state index is 12.1. The number of carbonyl (C=O) groups is 1. The molecule has 1 aromatic heterocycles. The van der Waals surface area contributed by atoms with E-state index in [4.69, 9.17) is 0 Å². The summed E-state index contributed by atoms with van der Waals surface area (Å²) in [5.41, 5.74) is 4.85. The Morgan fingerprint density at radius 3 is 2.65 bits per heavy atom. The van der Waals surface area contributed by atoms with E-state index >= 15 is 0 Å². The summed E-state index contributed by atoms with van der Waals surface area (Å²) in [7, 11) is 3.76. The highest BCUT2D eigenvalue weighted by atomic mass is 16.1. The number of aryl methyl sites for hydroxylation is 2. The molecule has 106 valence electrons. The van der Waals surface area contributed by atoms with Crippen LogP contribution in [0.5, 0.6) is 0 Å². The second kappa shape index (κ2) is 5.77. The van der Waals surface area contributed by atoms with Crippen LogP contribution < -0.4 is 10.6 Å². The van der Waals surface area contributed by atoms with Crippen molar-refractivity contribution < 1.29 is 4.79 Å². The minimum Gasteiger partial charge on any atom is -0.388 e. The van der Waals surface area contributed by atoms with E-state index in [2.05, 4.69) is 15.7 Å². The molecule has 0 aliphatic carbocycles. The Morgan fingerprint density at radius 2 is 2.10 bits per heavy atom. The van der Waals surface area contributed by atoms with Gasteiger partial charge < -0.3 is 10.6 Å². The van der Waals surface area contributed by atoms with E-state index in [9.17, 15) is 4.79 Å². The molecule has 5 heteroatoms. The van der Waals surface area contributed by atoms with Crippen molar-refractivity contribution in [2.24, 2.45) is 7.05 Å². The Hall–Kier alpha value is -2.30. The highest BCUT2D eigenvalue weighted by Gasteiger charge is 2.09. The number of benzene rings is 1. The predicted octanol–water partition coefficient (Wildman–Crippen LogP) is 2.01. The molecule has 0 fully saturated rings. The van der Waals surface area contributed by atoms with Crippen molar-refractivity contribution in [1.29, 1.82) is 0 Å². The van der Waals surface area contributed by atoms with Gasteiger partial charge in [0.2, 0.25) is 0 Å². The van der Waals surface area contributed by atoms with Gasteiger partial charge in [-0.3, -0.25) is 9.48 Å². The van der Waals surface area contributed by atoms with Crippen LogP contribution in [0.15, 0.2) is 24.4 Å². The SMILES string of the molecule is CNc1ccc(C(=O)NCc2cnn(C)c2C)cc1C. The van der Waals surface area contributed by atoms with Crippen molar-refractivity contribution in [2.75, 3.05) is 12.4 Å². The van der Waals surface area contributed by atoms with Crippen LogP contribution in [-0.2, 0) is 13.6 Å². The van der Waals surface area contributed by atoms with E-state index in [1.54, 1.807) is 10.9 Å². The number of hydrogen-bond donors (Lipinski definition) is 2. The van der Waals surface area contributed by atoms with Crippen LogP contribution >= 0.6 is 0 Å². The third-order valence-electron chi connectivity index (χ3n) is 3.53. The lowest BCUT2D eigenvalue weighted by Gasteiger charge is -2.09. The number of amides is 1. The number of hydrogen-bond acceptors (Lipinski definition) is 3. The fourth-order valence-corrected chi connectivity index (χ4v) is 2.08. The summed E-state index contributed by atoms with van der Waals surface area (Å²) in [5, 5.41) is 10.2. The van der Waals surface area contributed by atoms with Crippen molar-refractivity contribution in [3.63, 3.8) is 0 Å². The molecule has 2 aromatic rings. The summed E-state index contributed by atoms with van der Waals surface area (Å²) in [4.78, 5) is 12.1. The number of carbonyl (C=O) groups excluding carboxylic acids is 1. The number of aromatic nitrogens is 2. The number of nitrogens with zero attached hydrogens (tertiary/aromatic N) is 2. The molecule has 2 rings (SSSR count). The zero-order valence-corrected chi connectivity index (χ0v) is 12.3. The standard InChI is InChI=1S/C15H20N4O/c1-10-7-12(5-6-14(10)16-3)15(20)17-8-13-9-18-19(4)11(13)2/h5-7,9,16H,8H2,1-4H3,(H,17,20). The van der Waals surface area contributed by atoms with Gasteiger partial charge in [-0.2, -0.15) is 5.10 Å². The fourth-order valence-electron chi connectivity index (χ4n) is 2.08. The van der Waals surface area contributed by atoms with E-state index < -0.39 is 0 Å². The maximum absolute atomic E-state index is 12.1. The van der Waals surface area contributed by atoms with Gasteiger partial charge in [0.1, 0.15) is 0 Å². The zero-order chi connectivity index (χ0) is 14.7. The fraction of sp³-hybridized carbons (Fsp3) is 0.333. The monoisotopic (exact) mass is 272 g/mol. The Morgan fingerprint density at radius 1 is 1.35 bits per heavy atom. The molecule has 0 radical (unpaired) electrons. The molecule has 1 heterocycles. The lowest BCUT2D eigenvalue weighted by Crippen LogP contribution is -2.23. The summed E-state index contributed by atoms with van der Waals surface area (Å²) in [6.45, 7) is 4.46. The molecule has 5 nitrogen and oxygen atoms in total. The Labute approximate surface area is 119 Å². The lowest BCUT2D eigenvalue weighted by molar-refractivity contribution is 0.0951. The molecule has 0 aliphatic heterocycles. The van der Waals surface area contributed by atoms with Gasteiger partial charge in [-0.05, 0) is 37.6 Å². The summed E-state index contributed by atoms with van der Waals surface area (Å²) < 4.78 is 1.80. The predicted molar refractivity (Wildman–Crippen MR) is 79.8 cm³/mol. The van der Waals surface area contributed by atoms with Crippen molar-refractivity contribution >= 4 is 11.6 Å². The van der Waals surface area contributed by atoms with E-state index in [0.717, 1.165) is 22.5 Å². The minimum atomic E-state index is -0.0704. The van der Waals surface area contributed by atoms with Crippen LogP contribution in [0.1, 0.15) is 27.2 Å². The van der Waals surface area contributed by atoms with Crippen LogP contribution in [0.25, 0.3) is 0 Å². The van der Waals surface area contributed by atoms with Crippen LogP contribution in [-0.4, -0.2) is 22.7 Å². The third-order valence-corrected chi connectivity index (χ3v) is 3.53. The second-order valence-electron chi connectivity index (χ2n) is 4.84. The molecule has 0 aliphatic rings. The summed E-state index contributed by atoms with van der Waals surface area (Å²) in [5.74, 6) is -0.0704. The Balaban J connectivity index is 2.05. The van der Waals surface area contributed by atoms with Gasteiger partial charge in [-0.1, -0.05) is 0 Å². The first kappa shape index (κ1) is 14.1. The van der Waals surface area contributed by atoms with E-state index in [1.807, 2.05) is 46.1 Å². The topological polar surface area (TPSA) is 59.0 Å². The number of anilines is 1. The average Bonchev–Trinajstić information content (AvgIpc) is 2.76.